The van der Waals surface area contributed by atoms with E-state index in [-0.39, 0.29) is 18.2 Å². The van der Waals surface area contributed by atoms with E-state index in [9.17, 15) is 9.59 Å². The molecule has 2 aromatic rings. The monoisotopic (exact) mass is 455 g/mol. The lowest BCUT2D eigenvalue weighted by Gasteiger charge is -2.29. The number of aryl methyl sites for hydroxylation is 1. The molecule has 0 unspecified atom stereocenters. The van der Waals surface area contributed by atoms with Gasteiger partial charge < -0.3 is 29.3 Å². The van der Waals surface area contributed by atoms with Crippen LogP contribution >= 0.6 is 0 Å². The molecule has 3 rings (SSSR count). The summed E-state index contributed by atoms with van der Waals surface area (Å²) in [6.45, 7) is 5.70. The molecule has 1 saturated heterocycles. The van der Waals surface area contributed by atoms with E-state index in [1.165, 1.54) is 21.3 Å². The van der Waals surface area contributed by atoms with Crippen molar-refractivity contribution in [2.24, 2.45) is 0 Å². The Labute approximate surface area is 195 Å². The van der Waals surface area contributed by atoms with Crippen LogP contribution in [0.3, 0.4) is 0 Å². The van der Waals surface area contributed by atoms with Crippen molar-refractivity contribution in [1.29, 1.82) is 0 Å². The number of piperazine rings is 1. The average Bonchev–Trinajstić information content (AvgIpc) is 2.85. The van der Waals surface area contributed by atoms with Crippen molar-refractivity contribution in [3.05, 3.63) is 53.1 Å². The molecule has 1 heterocycles. The minimum absolute atomic E-state index is 0.0587. The molecule has 0 radical (unpaired) electrons. The predicted octanol–water partition coefficient (Wildman–Crippen LogP) is 2.49. The largest absolute Gasteiger partial charge is 0.493 e. The molecule has 2 aromatic carbocycles. The average molecular weight is 456 g/mol. The van der Waals surface area contributed by atoms with Crippen LogP contribution in [-0.2, 0) is 11.3 Å². The number of benzene rings is 2. The highest BCUT2D eigenvalue weighted by Crippen LogP contribution is 2.38. The van der Waals surface area contributed by atoms with Crippen molar-refractivity contribution in [2.45, 2.75) is 19.9 Å². The van der Waals surface area contributed by atoms with Gasteiger partial charge in [-0.3, -0.25) is 9.59 Å². The highest BCUT2D eigenvalue weighted by atomic mass is 16.5. The van der Waals surface area contributed by atoms with Crippen LogP contribution in [0.15, 0.2) is 36.4 Å². The minimum Gasteiger partial charge on any atom is -0.493 e. The number of carbonyl (C=O) groups is 2. The SMILES string of the molecule is COc1cc(C(=O)N(CCC(=O)N2CCNCC2)Cc2cccc(C)c2)cc(OC)c1OC. The van der Waals surface area contributed by atoms with Gasteiger partial charge in [0.25, 0.3) is 5.91 Å². The van der Waals surface area contributed by atoms with Crippen molar-refractivity contribution >= 4 is 11.8 Å². The lowest BCUT2D eigenvalue weighted by Crippen LogP contribution is -2.47. The molecule has 0 aromatic heterocycles. The Balaban J connectivity index is 1.85. The summed E-state index contributed by atoms with van der Waals surface area (Å²) in [6.07, 6.45) is 0.266. The number of methoxy groups -OCH3 is 3. The van der Waals surface area contributed by atoms with E-state index in [0.717, 1.165) is 24.2 Å². The molecule has 1 fully saturated rings. The van der Waals surface area contributed by atoms with Gasteiger partial charge in [0.2, 0.25) is 11.7 Å². The zero-order valence-corrected chi connectivity index (χ0v) is 19.8. The van der Waals surface area contributed by atoms with E-state index in [2.05, 4.69) is 5.32 Å². The van der Waals surface area contributed by atoms with Gasteiger partial charge in [-0.1, -0.05) is 29.8 Å². The summed E-state index contributed by atoms with van der Waals surface area (Å²) >= 11 is 0. The van der Waals surface area contributed by atoms with Gasteiger partial charge in [-0.05, 0) is 24.6 Å². The van der Waals surface area contributed by atoms with Crippen LogP contribution in [0.4, 0.5) is 0 Å². The second-order valence-corrected chi connectivity index (χ2v) is 8.01. The Morgan fingerprint density at radius 2 is 1.67 bits per heavy atom. The predicted molar refractivity (Wildman–Crippen MR) is 126 cm³/mol. The highest BCUT2D eigenvalue weighted by molar-refractivity contribution is 5.96. The number of hydrogen-bond donors (Lipinski definition) is 1. The van der Waals surface area contributed by atoms with Gasteiger partial charge in [0, 0.05) is 51.3 Å². The second-order valence-electron chi connectivity index (χ2n) is 8.01. The zero-order chi connectivity index (χ0) is 23.8. The normalized spacial score (nSPS) is 13.4. The van der Waals surface area contributed by atoms with Gasteiger partial charge in [0.05, 0.1) is 21.3 Å². The van der Waals surface area contributed by atoms with Crippen molar-refractivity contribution in [1.82, 2.24) is 15.1 Å². The lowest BCUT2D eigenvalue weighted by atomic mass is 10.1. The van der Waals surface area contributed by atoms with Crippen molar-refractivity contribution in [3.8, 4) is 17.2 Å². The van der Waals surface area contributed by atoms with E-state index in [1.54, 1.807) is 17.0 Å². The van der Waals surface area contributed by atoms with Crippen LogP contribution in [0.2, 0.25) is 0 Å². The molecule has 2 amide bonds. The summed E-state index contributed by atoms with van der Waals surface area (Å²) in [5, 5.41) is 3.25. The first-order valence-corrected chi connectivity index (χ1v) is 11.1. The third-order valence-corrected chi connectivity index (χ3v) is 5.72. The van der Waals surface area contributed by atoms with Crippen LogP contribution in [0, 0.1) is 6.92 Å². The quantitative estimate of drug-likeness (QED) is 0.626. The summed E-state index contributed by atoms with van der Waals surface area (Å²) in [5.74, 6) is 1.10. The molecule has 0 saturated carbocycles. The molecule has 8 nitrogen and oxygen atoms in total. The zero-order valence-electron chi connectivity index (χ0n) is 19.8. The summed E-state index contributed by atoms with van der Waals surface area (Å²) < 4.78 is 16.2. The van der Waals surface area contributed by atoms with Crippen LogP contribution < -0.4 is 19.5 Å². The Bertz CT molecular complexity index is 947. The summed E-state index contributed by atoms with van der Waals surface area (Å²) in [5.41, 5.74) is 2.53. The fraction of sp³-hybridized carbons (Fsp3) is 0.440. The number of hydrogen-bond acceptors (Lipinski definition) is 6. The molecule has 1 N–H and O–H groups in total. The molecule has 178 valence electrons. The maximum atomic E-state index is 13.6. The van der Waals surface area contributed by atoms with Crippen LogP contribution in [0.5, 0.6) is 17.2 Å². The van der Waals surface area contributed by atoms with E-state index in [1.807, 2.05) is 36.1 Å². The topological polar surface area (TPSA) is 80.3 Å². The number of amides is 2. The number of nitrogens with one attached hydrogen (secondary N) is 1. The van der Waals surface area contributed by atoms with E-state index >= 15 is 0 Å². The third kappa shape index (κ3) is 6.16. The van der Waals surface area contributed by atoms with E-state index in [4.69, 9.17) is 14.2 Å². The fourth-order valence-electron chi connectivity index (χ4n) is 3.97. The van der Waals surface area contributed by atoms with Gasteiger partial charge in [-0.2, -0.15) is 0 Å². The molecule has 33 heavy (non-hydrogen) atoms. The molecular formula is C25H33N3O5. The molecular weight excluding hydrogens is 422 g/mol. The van der Waals surface area contributed by atoms with E-state index < -0.39 is 0 Å². The Kier molecular flexibility index (Phi) is 8.54. The van der Waals surface area contributed by atoms with Gasteiger partial charge in [0.15, 0.2) is 11.5 Å². The summed E-state index contributed by atoms with van der Waals surface area (Å²) in [4.78, 5) is 29.9. The minimum atomic E-state index is -0.205. The van der Waals surface area contributed by atoms with Gasteiger partial charge in [0.1, 0.15) is 0 Å². The molecule has 1 aliphatic rings. The molecule has 0 atom stereocenters. The maximum absolute atomic E-state index is 13.6. The van der Waals surface area contributed by atoms with Gasteiger partial charge in [-0.25, -0.2) is 0 Å². The van der Waals surface area contributed by atoms with Crippen LogP contribution in [0.1, 0.15) is 27.9 Å². The van der Waals surface area contributed by atoms with Crippen LogP contribution in [0.25, 0.3) is 0 Å². The Morgan fingerprint density at radius 1 is 1.00 bits per heavy atom. The molecule has 0 bridgehead atoms. The third-order valence-electron chi connectivity index (χ3n) is 5.72. The van der Waals surface area contributed by atoms with Crippen LogP contribution in [-0.4, -0.2) is 75.7 Å². The van der Waals surface area contributed by atoms with Crippen molar-refractivity contribution in [3.63, 3.8) is 0 Å². The number of ether oxygens (including phenoxy) is 3. The molecule has 0 aliphatic carbocycles. The summed E-state index contributed by atoms with van der Waals surface area (Å²) in [7, 11) is 4.55. The maximum Gasteiger partial charge on any atom is 0.254 e. The molecule has 1 aliphatic heterocycles. The first-order chi connectivity index (χ1) is 16.0. The second kappa shape index (κ2) is 11.6. The standard InChI is InChI=1S/C25H33N3O5/c1-18-6-5-7-19(14-18)17-28(11-8-23(29)27-12-9-26-10-13-27)25(30)20-15-21(31-2)24(33-4)22(16-20)32-3/h5-7,14-16,26H,8-13,17H2,1-4H3. The van der Waals surface area contributed by atoms with Crippen molar-refractivity contribution in [2.75, 3.05) is 54.1 Å². The lowest BCUT2D eigenvalue weighted by molar-refractivity contribution is -0.132. The van der Waals surface area contributed by atoms with E-state index in [0.29, 0.717) is 49.0 Å². The summed E-state index contributed by atoms with van der Waals surface area (Å²) in [6, 6.07) is 11.3. The Morgan fingerprint density at radius 3 is 2.24 bits per heavy atom. The first kappa shape index (κ1) is 24.4. The van der Waals surface area contributed by atoms with Gasteiger partial charge in [-0.15, -0.1) is 0 Å². The molecule has 0 spiro atoms. The molecule has 8 heteroatoms. The fourth-order valence-corrected chi connectivity index (χ4v) is 3.97. The first-order valence-electron chi connectivity index (χ1n) is 11.1. The number of carbonyl (C=O) groups excluding carboxylic acids is 2. The van der Waals surface area contributed by atoms with Gasteiger partial charge >= 0.3 is 0 Å². The Hall–Kier alpha value is -3.26. The number of rotatable bonds is 9. The van der Waals surface area contributed by atoms with Crippen molar-refractivity contribution < 1.29 is 23.8 Å². The highest BCUT2D eigenvalue weighted by Gasteiger charge is 2.23. The smallest absolute Gasteiger partial charge is 0.254 e. The number of nitrogens with zero attached hydrogens (tertiary/aromatic N) is 2.